The average Bonchev–Trinajstić information content (AvgIpc) is 2.95. The Morgan fingerprint density at radius 1 is 0.717 bits per heavy atom. The van der Waals surface area contributed by atoms with Gasteiger partial charge >= 0.3 is 6.36 Å². The van der Waals surface area contributed by atoms with E-state index < -0.39 is 66.5 Å². The molecular weight excluding hydrogens is 739 g/mol. The minimum absolute atomic E-state index is 0.0333. The second kappa shape index (κ2) is 14.0. The van der Waals surface area contributed by atoms with Crippen LogP contribution in [0.3, 0.4) is 0 Å². The van der Waals surface area contributed by atoms with E-state index in [2.05, 4.69) is 9.46 Å². The number of halogens is 7. The summed E-state index contributed by atoms with van der Waals surface area (Å²) in [6.45, 7) is -1.21. The van der Waals surface area contributed by atoms with Crippen molar-refractivity contribution in [2.75, 3.05) is 0 Å². The molecule has 0 amide bonds. The van der Waals surface area contributed by atoms with Crippen molar-refractivity contribution in [2.45, 2.75) is 35.8 Å². The Labute approximate surface area is 281 Å². The lowest BCUT2D eigenvalue weighted by molar-refractivity contribution is -0.274. The number of phenols is 2. The Hall–Kier alpha value is -2.95. The number of aromatic hydroxyl groups is 2. The molecule has 0 atom stereocenters. The first kappa shape index (κ1) is 35.9. The number of hydrogen-bond acceptors (Lipinski definition) is 7. The predicted octanol–water partition coefficient (Wildman–Crippen LogP) is 7.48. The highest BCUT2D eigenvalue weighted by Gasteiger charge is 2.32. The van der Waals surface area contributed by atoms with Crippen LogP contribution < -0.4 is 9.46 Å². The molecule has 0 aliphatic rings. The number of sulfonamides is 2. The molecule has 0 aliphatic carbocycles. The number of alkyl halides is 3. The highest BCUT2D eigenvalue weighted by molar-refractivity contribution is 7.89. The van der Waals surface area contributed by atoms with Crippen LogP contribution in [0.5, 0.6) is 17.2 Å². The van der Waals surface area contributed by atoms with Crippen LogP contribution >= 0.6 is 46.4 Å². The van der Waals surface area contributed by atoms with Gasteiger partial charge in [0.1, 0.15) is 15.5 Å². The zero-order chi connectivity index (χ0) is 34.0. The third-order valence-electron chi connectivity index (χ3n) is 6.20. The van der Waals surface area contributed by atoms with E-state index >= 15 is 0 Å². The molecule has 4 aromatic carbocycles. The van der Waals surface area contributed by atoms with Gasteiger partial charge < -0.3 is 14.9 Å². The van der Waals surface area contributed by atoms with Gasteiger partial charge in [-0.05, 0) is 53.1 Å². The lowest BCUT2D eigenvalue weighted by Crippen LogP contribution is -2.30. The predicted molar refractivity (Wildman–Crippen MR) is 166 cm³/mol. The van der Waals surface area contributed by atoms with E-state index in [1.165, 1.54) is 36.4 Å². The molecule has 0 bridgehead atoms. The summed E-state index contributed by atoms with van der Waals surface area (Å²) < 4.78 is 99.1. The van der Waals surface area contributed by atoms with Gasteiger partial charge in [-0.25, -0.2) is 21.6 Å². The van der Waals surface area contributed by atoms with E-state index in [-0.39, 0.29) is 32.2 Å². The molecule has 46 heavy (non-hydrogen) atoms. The third-order valence-corrected chi connectivity index (χ3v) is 10.4. The van der Waals surface area contributed by atoms with Gasteiger partial charge in [0, 0.05) is 29.7 Å². The molecule has 4 aromatic rings. The van der Waals surface area contributed by atoms with Crippen LogP contribution in [0.1, 0.15) is 16.7 Å². The number of nitrogens with zero attached hydrogens (tertiary/aromatic N) is 1. The van der Waals surface area contributed by atoms with E-state index in [1.807, 2.05) is 0 Å². The van der Waals surface area contributed by atoms with Crippen molar-refractivity contribution < 1.29 is 45.0 Å². The summed E-state index contributed by atoms with van der Waals surface area (Å²) in [4.78, 5) is -1.22. The highest BCUT2D eigenvalue weighted by Crippen LogP contribution is 2.37. The Kier molecular flexibility index (Phi) is 11.0. The fraction of sp³-hybridized carbons (Fsp3) is 0.143. The van der Waals surface area contributed by atoms with Crippen molar-refractivity contribution in [1.82, 2.24) is 9.03 Å². The van der Waals surface area contributed by atoms with Crippen LogP contribution in [-0.4, -0.2) is 37.7 Å². The molecule has 0 fully saturated rings. The van der Waals surface area contributed by atoms with Crippen molar-refractivity contribution in [1.29, 1.82) is 0 Å². The third kappa shape index (κ3) is 8.89. The fourth-order valence-corrected chi connectivity index (χ4v) is 8.13. The SMILES string of the molecule is O=S(=O)(NCc1cccc(CN(Cc2cccc(OC(F)(F)F)c2)S(=O)(=O)c2cc(Cl)cc(Cl)c2O)c1)c1cc(Cl)cc(Cl)c1O. The summed E-state index contributed by atoms with van der Waals surface area (Å²) in [5.41, 5.74) is 0.784. The van der Waals surface area contributed by atoms with Gasteiger partial charge in [-0.3, -0.25) is 0 Å². The molecule has 0 saturated heterocycles. The standard InChI is InChI=1S/C28H21Cl4F3N2O7S2/c29-19-9-22(31)26(38)24(11-19)45(40,41)36-13-16-3-1-4-17(7-16)14-37(15-18-5-2-6-21(8-18)44-28(33,34)35)46(42,43)25-12-20(30)10-23(32)27(25)39/h1-12,36,38-39H,13-15H2. The van der Waals surface area contributed by atoms with E-state index in [0.717, 1.165) is 40.7 Å². The van der Waals surface area contributed by atoms with Crippen LogP contribution in [0.15, 0.2) is 82.6 Å². The molecule has 4 rings (SSSR count). The van der Waals surface area contributed by atoms with Gasteiger partial charge in [0.15, 0.2) is 11.5 Å². The van der Waals surface area contributed by atoms with E-state index in [9.17, 15) is 40.2 Å². The molecule has 0 aromatic heterocycles. The Balaban J connectivity index is 1.67. The number of phenolic OH excluding ortho intramolecular Hbond substituents is 2. The number of benzene rings is 4. The first-order valence-electron chi connectivity index (χ1n) is 12.6. The smallest absolute Gasteiger partial charge is 0.505 e. The van der Waals surface area contributed by atoms with Crippen LogP contribution in [0.4, 0.5) is 13.2 Å². The second-order valence-electron chi connectivity index (χ2n) is 9.58. The molecule has 9 nitrogen and oxygen atoms in total. The van der Waals surface area contributed by atoms with Gasteiger partial charge in [-0.2, -0.15) is 4.31 Å². The summed E-state index contributed by atoms with van der Waals surface area (Å²) in [6.07, 6.45) is -4.99. The van der Waals surface area contributed by atoms with Crippen LogP contribution in [0.25, 0.3) is 0 Å². The minimum atomic E-state index is -4.99. The molecule has 0 aliphatic heterocycles. The molecule has 18 heteroatoms. The maximum Gasteiger partial charge on any atom is 0.573 e. The first-order valence-corrected chi connectivity index (χ1v) is 17.1. The molecule has 0 spiro atoms. The van der Waals surface area contributed by atoms with Gasteiger partial charge in [-0.1, -0.05) is 82.8 Å². The first-order chi connectivity index (χ1) is 21.4. The molecular formula is C28H21Cl4F3N2O7S2. The highest BCUT2D eigenvalue weighted by atomic mass is 35.5. The Morgan fingerprint density at radius 3 is 1.80 bits per heavy atom. The normalized spacial score (nSPS) is 12.4. The maximum atomic E-state index is 13.9. The van der Waals surface area contributed by atoms with Gasteiger partial charge in [-0.15, -0.1) is 13.2 Å². The van der Waals surface area contributed by atoms with Gasteiger partial charge in [0.2, 0.25) is 20.0 Å². The molecule has 246 valence electrons. The van der Waals surface area contributed by atoms with E-state index in [4.69, 9.17) is 46.4 Å². The summed E-state index contributed by atoms with van der Waals surface area (Å²) >= 11 is 23.7. The number of hydrogen-bond donors (Lipinski definition) is 3. The minimum Gasteiger partial charge on any atom is -0.505 e. The van der Waals surface area contributed by atoms with Gasteiger partial charge in [0.25, 0.3) is 0 Å². The lowest BCUT2D eigenvalue weighted by atomic mass is 10.1. The number of ether oxygens (including phenoxy) is 1. The number of nitrogens with one attached hydrogen (secondary N) is 1. The summed E-state index contributed by atoms with van der Waals surface area (Å²) in [7, 11) is -8.95. The Bertz CT molecular complexity index is 2000. The maximum absolute atomic E-state index is 13.9. The molecule has 0 saturated carbocycles. The van der Waals surface area contributed by atoms with E-state index in [0.29, 0.717) is 11.1 Å². The van der Waals surface area contributed by atoms with Crippen LogP contribution in [0.2, 0.25) is 20.1 Å². The fourth-order valence-electron chi connectivity index (χ4n) is 4.19. The van der Waals surface area contributed by atoms with Crippen LogP contribution in [0, 0.1) is 0 Å². The summed E-state index contributed by atoms with van der Waals surface area (Å²) in [5.74, 6) is -2.09. The monoisotopic (exact) mass is 758 g/mol. The van der Waals surface area contributed by atoms with Crippen molar-refractivity contribution in [3.63, 3.8) is 0 Å². The second-order valence-corrected chi connectivity index (χ2v) is 14.9. The molecule has 0 unspecified atom stereocenters. The summed E-state index contributed by atoms with van der Waals surface area (Å²) in [5, 5.41) is 19.9. The molecule has 0 heterocycles. The zero-order valence-electron chi connectivity index (χ0n) is 22.9. The molecule has 3 N–H and O–H groups in total. The molecule has 0 radical (unpaired) electrons. The van der Waals surface area contributed by atoms with Gasteiger partial charge in [0.05, 0.1) is 10.0 Å². The Morgan fingerprint density at radius 2 is 1.22 bits per heavy atom. The quantitative estimate of drug-likeness (QED) is 0.144. The van der Waals surface area contributed by atoms with E-state index in [1.54, 1.807) is 0 Å². The lowest BCUT2D eigenvalue weighted by Gasteiger charge is -2.24. The zero-order valence-corrected chi connectivity index (χ0v) is 27.6. The van der Waals surface area contributed by atoms with Crippen LogP contribution in [-0.2, 0) is 39.7 Å². The van der Waals surface area contributed by atoms with Crippen molar-refractivity contribution >= 4 is 66.5 Å². The average molecular weight is 760 g/mol. The number of rotatable bonds is 11. The largest absolute Gasteiger partial charge is 0.573 e. The topological polar surface area (TPSA) is 133 Å². The van der Waals surface area contributed by atoms with Crippen molar-refractivity contribution in [3.05, 3.63) is 110 Å². The van der Waals surface area contributed by atoms with Crippen molar-refractivity contribution in [2.24, 2.45) is 0 Å². The van der Waals surface area contributed by atoms with Crippen molar-refractivity contribution in [3.8, 4) is 17.2 Å². The summed E-state index contributed by atoms with van der Waals surface area (Å²) in [6, 6.07) is 15.0.